The van der Waals surface area contributed by atoms with Gasteiger partial charge in [0.2, 0.25) is 0 Å². The van der Waals surface area contributed by atoms with Crippen molar-refractivity contribution >= 4 is 11.9 Å². The summed E-state index contributed by atoms with van der Waals surface area (Å²) in [6.07, 6.45) is 7.56. The summed E-state index contributed by atoms with van der Waals surface area (Å²) in [5.74, 6) is -2.30. The predicted octanol–water partition coefficient (Wildman–Crippen LogP) is 3.78. The first kappa shape index (κ1) is 22.6. The number of esters is 2. The van der Waals surface area contributed by atoms with Crippen molar-refractivity contribution in [1.29, 1.82) is 0 Å². The highest BCUT2D eigenvalue weighted by atomic mass is 16.6. The zero-order valence-corrected chi connectivity index (χ0v) is 15.8. The molecule has 0 amide bonds. The standard InChI is InChI=1S/C19H34O5/c1-6-7-8-9-10-11-12-13-16(18(21)23-14(2)3)17(20)19(22)24-15(4)5/h11-12,14-17,20H,6-10,13H2,1-5H3/t16-,17+/m1/s1. The van der Waals surface area contributed by atoms with E-state index in [1.54, 1.807) is 27.7 Å². The van der Waals surface area contributed by atoms with Gasteiger partial charge < -0.3 is 14.6 Å². The first-order valence-corrected chi connectivity index (χ1v) is 9.03. The molecule has 0 saturated carbocycles. The molecular formula is C19H34O5. The minimum absolute atomic E-state index is 0.258. The smallest absolute Gasteiger partial charge is 0.336 e. The van der Waals surface area contributed by atoms with Gasteiger partial charge in [-0.3, -0.25) is 4.79 Å². The zero-order valence-electron chi connectivity index (χ0n) is 15.8. The van der Waals surface area contributed by atoms with E-state index in [1.165, 1.54) is 19.3 Å². The Bertz CT molecular complexity index is 387. The largest absolute Gasteiger partial charge is 0.463 e. The van der Waals surface area contributed by atoms with E-state index in [9.17, 15) is 14.7 Å². The third kappa shape index (κ3) is 10.4. The van der Waals surface area contributed by atoms with Crippen LogP contribution in [-0.4, -0.2) is 35.4 Å². The molecule has 0 aromatic rings. The van der Waals surface area contributed by atoms with Gasteiger partial charge in [-0.25, -0.2) is 4.79 Å². The van der Waals surface area contributed by atoms with Crippen molar-refractivity contribution in [3.8, 4) is 0 Å². The summed E-state index contributed by atoms with van der Waals surface area (Å²) >= 11 is 0. The van der Waals surface area contributed by atoms with Crippen LogP contribution >= 0.6 is 0 Å². The molecule has 0 saturated heterocycles. The van der Waals surface area contributed by atoms with Gasteiger partial charge in [-0.1, -0.05) is 38.3 Å². The fraction of sp³-hybridized carbons (Fsp3) is 0.789. The highest BCUT2D eigenvalue weighted by Crippen LogP contribution is 2.16. The van der Waals surface area contributed by atoms with Crippen LogP contribution in [0.1, 0.15) is 73.1 Å². The van der Waals surface area contributed by atoms with E-state index in [2.05, 4.69) is 6.92 Å². The van der Waals surface area contributed by atoms with Crippen LogP contribution < -0.4 is 0 Å². The highest BCUT2D eigenvalue weighted by molar-refractivity contribution is 5.84. The van der Waals surface area contributed by atoms with Crippen molar-refractivity contribution in [3.63, 3.8) is 0 Å². The molecule has 1 N–H and O–H groups in total. The summed E-state index contributed by atoms with van der Waals surface area (Å²) in [5.41, 5.74) is 0. The SMILES string of the molecule is CCCCCCC=CC[C@@H](C(=O)OC(C)C)[C@H](O)C(=O)OC(C)C. The Hall–Kier alpha value is -1.36. The molecule has 0 bridgehead atoms. The fourth-order valence-electron chi connectivity index (χ4n) is 2.19. The molecule has 0 rings (SSSR count). The van der Waals surface area contributed by atoms with Gasteiger partial charge in [-0.05, 0) is 47.0 Å². The lowest BCUT2D eigenvalue weighted by atomic mass is 9.97. The normalized spacial score (nSPS) is 14.2. The van der Waals surface area contributed by atoms with E-state index in [4.69, 9.17) is 9.47 Å². The van der Waals surface area contributed by atoms with E-state index < -0.39 is 24.0 Å². The zero-order chi connectivity index (χ0) is 18.5. The van der Waals surface area contributed by atoms with Gasteiger partial charge in [0.15, 0.2) is 6.10 Å². The summed E-state index contributed by atoms with van der Waals surface area (Å²) in [6, 6.07) is 0. The molecule has 24 heavy (non-hydrogen) atoms. The number of unbranched alkanes of at least 4 members (excludes halogenated alkanes) is 4. The van der Waals surface area contributed by atoms with Crippen LogP contribution in [0, 0.1) is 5.92 Å². The molecule has 0 aromatic carbocycles. The number of aliphatic hydroxyl groups excluding tert-OH is 1. The molecule has 0 aliphatic heterocycles. The van der Waals surface area contributed by atoms with Gasteiger partial charge in [0, 0.05) is 0 Å². The summed E-state index contributed by atoms with van der Waals surface area (Å²) in [4.78, 5) is 24.1. The second kappa shape index (κ2) is 13.0. The Kier molecular flexibility index (Phi) is 12.3. The Balaban J connectivity index is 4.66. The fourth-order valence-corrected chi connectivity index (χ4v) is 2.19. The lowest BCUT2D eigenvalue weighted by molar-refractivity contribution is -0.170. The number of carbonyl (C=O) groups excluding carboxylic acids is 2. The maximum absolute atomic E-state index is 12.2. The van der Waals surface area contributed by atoms with Crippen LogP contribution in [-0.2, 0) is 19.1 Å². The molecule has 5 heteroatoms. The molecule has 0 aliphatic rings. The van der Waals surface area contributed by atoms with Gasteiger partial charge in [0.05, 0.1) is 18.1 Å². The van der Waals surface area contributed by atoms with Gasteiger partial charge in [-0.2, -0.15) is 0 Å². The maximum atomic E-state index is 12.2. The average Bonchev–Trinajstić information content (AvgIpc) is 2.48. The number of ether oxygens (including phenoxy) is 2. The molecule has 0 aromatic heterocycles. The first-order chi connectivity index (χ1) is 11.3. The molecule has 0 heterocycles. The van der Waals surface area contributed by atoms with Crippen LogP contribution in [0.5, 0.6) is 0 Å². The molecular weight excluding hydrogens is 308 g/mol. The van der Waals surface area contributed by atoms with Crippen molar-refractivity contribution in [1.82, 2.24) is 0 Å². The summed E-state index contributed by atoms with van der Waals surface area (Å²) < 4.78 is 10.2. The minimum atomic E-state index is -1.51. The van der Waals surface area contributed by atoms with Crippen molar-refractivity contribution in [3.05, 3.63) is 12.2 Å². The lowest BCUT2D eigenvalue weighted by Crippen LogP contribution is -2.38. The lowest BCUT2D eigenvalue weighted by Gasteiger charge is -2.21. The monoisotopic (exact) mass is 342 g/mol. The van der Waals surface area contributed by atoms with Crippen molar-refractivity contribution in [2.24, 2.45) is 5.92 Å². The van der Waals surface area contributed by atoms with Gasteiger partial charge in [-0.15, -0.1) is 0 Å². The molecule has 0 radical (unpaired) electrons. The Labute approximate surface area is 146 Å². The van der Waals surface area contributed by atoms with E-state index >= 15 is 0 Å². The topological polar surface area (TPSA) is 72.8 Å². The van der Waals surface area contributed by atoms with E-state index in [1.807, 2.05) is 12.2 Å². The van der Waals surface area contributed by atoms with Crippen LogP contribution in [0.2, 0.25) is 0 Å². The molecule has 140 valence electrons. The van der Waals surface area contributed by atoms with E-state index in [-0.39, 0.29) is 18.6 Å². The Morgan fingerprint density at radius 1 is 0.917 bits per heavy atom. The first-order valence-electron chi connectivity index (χ1n) is 9.03. The Morgan fingerprint density at radius 3 is 2.04 bits per heavy atom. The number of aliphatic hydroxyl groups is 1. The van der Waals surface area contributed by atoms with Crippen molar-refractivity contribution < 1.29 is 24.2 Å². The Morgan fingerprint density at radius 2 is 1.50 bits per heavy atom. The number of allylic oxidation sites excluding steroid dienone is 2. The van der Waals surface area contributed by atoms with E-state index in [0.717, 1.165) is 12.8 Å². The summed E-state index contributed by atoms with van der Waals surface area (Å²) in [6.45, 7) is 9.03. The quantitative estimate of drug-likeness (QED) is 0.332. The molecule has 5 nitrogen and oxygen atoms in total. The van der Waals surface area contributed by atoms with Crippen LogP contribution in [0.4, 0.5) is 0 Å². The van der Waals surface area contributed by atoms with Crippen molar-refractivity contribution in [2.45, 2.75) is 91.5 Å². The number of hydrogen-bond acceptors (Lipinski definition) is 5. The number of carbonyl (C=O) groups is 2. The summed E-state index contributed by atoms with van der Waals surface area (Å²) in [5, 5.41) is 10.2. The molecule has 0 unspecified atom stereocenters. The van der Waals surface area contributed by atoms with Crippen LogP contribution in [0.15, 0.2) is 12.2 Å². The number of rotatable bonds is 12. The van der Waals surface area contributed by atoms with Crippen molar-refractivity contribution in [2.75, 3.05) is 0 Å². The number of hydrogen-bond donors (Lipinski definition) is 1. The molecule has 0 spiro atoms. The molecule has 0 aliphatic carbocycles. The second-order valence-corrected chi connectivity index (χ2v) is 6.58. The third-order valence-electron chi connectivity index (χ3n) is 3.41. The predicted molar refractivity (Wildman–Crippen MR) is 94.5 cm³/mol. The minimum Gasteiger partial charge on any atom is -0.463 e. The van der Waals surface area contributed by atoms with Gasteiger partial charge >= 0.3 is 11.9 Å². The third-order valence-corrected chi connectivity index (χ3v) is 3.41. The average molecular weight is 342 g/mol. The second-order valence-electron chi connectivity index (χ2n) is 6.58. The maximum Gasteiger partial charge on any atom is 0.336 e. The molecule has 2 atom stereocenters. The molecule has 0 fully saturated rings. The van der Waals surface area contributed by atoms with Crippen LogP contribution in [0.3, 0.4) is 0 Å². The van der Waals surface area contributed by atoms with Crippen LogP contribution in [0.25, 0.3) is 0 Å². The van der Waals surface area contributed by atoms with Gasteiger partial charge in [0.1, 0.15) is 0 Å². The van der Waals surface area contributed by atoms with E-state index in [0.29, 0.717) is 0 Å². The van der Waals surface area contributed by atoms with Gasteiger partial charge in [0.25, 0.3) is 0 Å². The summed E-state index contributed by atoms with van der Waals surface area (Å²) in [7, 11) is 0. The highest BCUT2D eigenvalue weighted by Gasteiger charge is 2.34.